The Labute approximate surface area is 175 Å². The minimum atomic E-state index is -0.424. The fourth-order valence-electron chi connectivity index (χ4n) is 3.56. The van der Waals surface area contributed by atoms with Crippen LogP contribution >= 0.6 is 0 Å². The first-order valence-corrected chi connectivity index (χ1v) is 10.6. The van der Waals surface area contributed by atoms with E-state index in [9.17, 15) is 14.4 Å². The van der Waals surface area contributed by atoms with Gasteiger partial charge in [-0.3, -0.25) is 19.1 Å². The number of carbonyl (C=O) groups is 1. The maximum atomic E-state index is 12.7. The fraction of sp³-hybridized carbons (Fsp3) is 0.455. The Bertz CT molecular complexity index is 1140. The first-order valence-electron chi connectivity index (χ1n) is 10.6. The van der Waals surface area contributed by atoms with E-state index in [1.807, 2.05) is 16.7 Å². The van der Waals surface area contributed by atoms with Crippen molar-refractivity contribution in [3.05, 3.63) is 45.1 Å². The second-order valence-electron chi connectivity index (χ2n) is 7.49. The lowest BCUT2D eigenvalue weighted by Crippen LogP contribution is -2.31. The molecular weight excluding hydrogens is 382 g/mol. The van der Waals surface area contributed by atoms with Crippen molar-refractivity contribution in [3.63, 3.8) is 0 Å². The van der Waals surface area contributed by atoms with Crippen LogP contribution in [0.1, 0.15) is 52.9 Å². The van der Waals surface area contributed by atoms with Crippen molar-refractivity contribution < 1.29 is 4.79 Å². The van der Waals surface area contributed by atoms with Gasteiger partial charge in [-0.2, -0.15) is 0 Å². The summed E-state index contributed by atoms with van der Waals surface area (Å²) in [6, 6.07) is 7.35. The van der Waals surface area contributed by atoms with E-state index in [2.05, 4.69) is 24.1 Å². The molecule has 1 amide bonds. The van der Waals surface area contributed by atoms with Gasteiger partial charge in [0, 0.05) is 31.3 Å². The maximum absolute atomic E-state index is 12.7. The van der Waals surface area contributed by atoms with Crippen molar-refractivity contribution >= 4 is 22.8 Å². The van der Waals surface area contributed by atoms with Gasteiger partial charge in [0.25, 0.3) is 5.56 Å². The molecule has 2 heterocycles. The number of aromatic nitrogens is 4. The van der Waals surface area contributed by atoms with Crippen LogP contribution in [0.5, 0.6) is 0 Å². The highest BCUT2D eigenvalue weighted by molar-refractivity contribution is 5.89. The van der Waals surface area contributed by atoms with E-state index >= 15 is 0 Å². The molecular formula is C22H29N5O3. The molecule has 160 valence electrons. The van der Waals surface area contributed by atoms with Crippen molar-refractivity contribution in [1.29, 1.82) is 0 Å². The molecule has 0 aliphatic heterocycles. The molecule has 8 nitrogen and oxygen atoms in total. The van der Waals surface area contributed by atoms with Crippen molar-refractivity contribution in [2.45, 2.75) is 66.0 Å². The normalized spacial score (nSPS) is 11.2. The summed E-state index contributed by atoms with van der Waals surface area (Å²) < 4.78 is 3.48. The second-order valence-corrected chi connectivity index (χ2v) is 7.49. The summed E-state index contributed by atoms with van der Waals surface area (Å²) >= 11 is 0. The molecule has 0 saturated carbocycles. The summed E-state index contributed by atoms with van der Waals surface area (Å²) in [6.07, 6.45) is 4.76. The van der Waals surface area contributed by atoms with Crippen LogP contribution in [0.4, 0.5) is 5.69 Å². The summed E-state index contributed by atoms with van der Waals surface area (Å²) in [7, 11) is 0. The molecule has 0 fully saturated rings. The molecule has 0 aliphatic carbocycles. The zero-order valence-electron chi connectivity index (χ0n) is 17.8. The second kappa shape index (κ2) is 9.56. The SMILES string of the molecule is CCCCCn1c(-c2ccc(NC(C)=O)cc2)nc2c1c(=O)[nH]c(=O)n2CCCC. The lowest BCUT2D eigenvalue weighted by molar-refractivity contribution is -0.114. The van der Waals surface area contributed by atoms with Crippen LogP contribution < -0.4 is 16.6 Å². The van der Waals surface area contributed by atoms with Crippen LogP contribution in [0.3, 0.4) is 0 Å². The van der Waals surface area contributed by atoms with Crippen molar-refractivity contribution in [2.75, 3.05) is 5.32 Å². The summed E-state index contributed by atoms with van der Waals surface area (Å²) in [5.74, 6) is 0.512. The third kappa shape index (κ3) is 4.53. The standard InChI is InChI=1S/C22H29N5O3/c1-4-6-8-14-26-18-20(27(13-7-5-2)22(30)25-21(18)29)24-19(26)16-9-11-17(12-10-16)23-15(3)28/h9-12H,4-8,13-14H2,1-3H3,(H,23,28)(H,25,29,30). The first kappa shape index (κ1) is 21.5. The number of hydrogen-bond donors (Lipinski definition) is 2. The Balaban J connectivity index is 2.17. The number of aryl methyl sites for hydroxylation is 2. The van der Waals surface area contributed by atoms with E-state index in [4.69, 9.17) is 4.98 Å². The predicted molar refractivity (Wildman–Crippen MR) is 119 cm³/mol. The number of unbranched alkanes of at least 4 members (excludes halogenated alkanes) is 3. The summed E-state index contributed by atoms with van der Waals surface area (Å²) in [5.41, 5.74) is 1.54. The van der Waals surface area contributed by atoms with Gasteiger partial charge in [-0.05, 0) is 37.1 Å². The average molecular weight is 412 g/mol. The molecule has 0 unspecified atom stereocenters. The smallest absolute Gasteiger partial charge is 0.326 e. The number of fused-ring (bicyclic) bond motifs is 1. The van der Waals surface area contributed by atoms with E-state index in [0.717, 1.165) is 37.7 Å². The molecule has 3 rings (SSSR count). The van der Waals surface area contributed by atoms with E-state index in [0.29, 0.717) is 35.8 Å². The van der Waals surface area contributed by atoms with Crippen LogP contribution in [0.2, 0.25) is 0 Å². The average Bonchev–Trinajstić information content (AvgIpc) is 3.08. The summed E-state index contributed by atoms with van der Waals surface area (Å²) in [5, 5.41) is 2.75. The highest BCUT2D eigenvalue weighted by Crippen LogP contribution is 2.25. The maximum Gasteiger partial charge on any atom is 0.330 e. The Morgan fingerprint density at radius 2 is 1.67 bits per heavy atom. The number of nitrogens with one attached hydrogen (secondary N) is 2. The van der Waals surface area contributed by atoms with E-state index in [1.54, 1.807) is 16.7 Å². The fourth-order valence-corrected chi connectivity index (χ4v) is 3.56. The van der Waals surface area contributed by atoms with Crippen LogP contribution in [-0.2, 0) is 17.9 Å². The van der Waals surface area contributed by atoms with Crippen LogP contribution in [0.15, 0.2) is 33.9 Å². The molecule has 1 aromatic carbocycles. The Morgan fingerprint density at radius 3 is 2.30 bits per heavy atom. The molecule has 8 heteroatoms. The number of imidazole rings is 1. The molecule has 2 N–H and O–H groups in total. The van der Waals surface area contributed by atoms with E-state index in [1.165, 1.54) is 6.92 Å². The molecule has 2 aromatic heterocycles. The lowest BCUT2D eigenvalue weighted by atomic mass is 10.2. The summed E-state index contributed by atoms with van der Waals surface area (Å²) in [6.45, 7) is 6.79. The van der Waals surface area contributed by atoms with Crippen molar-refractivity contribution in [1.82, 2.24) is 19.1 Å². The molecule has 0 bridgehead atoms. The lowest BCUT2D eigenvalue weighted by Gasteiger charge is -2.10. The monoisotopic (exact) mass is 411 g/mol. The number of carbonyl (C=O) groups excluding carboxylic acids is 1. The summed E-state index contributed by atoms with van der Waals surface area (Å²) in [4.78, 5) is 43.7. The molecule has 30 heavy (non-hydrogen) atoms. The number of rotatable bonds is 9. The third-order valence-corrected chi connectivity index (χ3v) is 5.07. The number of aromatic amines is 1. The molecule has 0 spiro atoms. The van der Waals surface area contributed by atoms with Gasteiger partial charge in [0.05, 0.1) is 0 Å². The zero-order chi connectivity index (χ0) is 21.7. The minimum Gasteiger partial charge on any atom is -0.326 e. The van der Waals surface area contributed by atoms with Gasteiger partial charge in [0.1, 0.15) is 5.82 Å². The highest BCUT2D eigenvalue weighted by atomic mass is 16.2. The Morgan fingerprint density at radius 1 is 1.00 bits per heavy atom. The number of nitrogens with zero attached hydrogens (tertiary/aromatic N) is 3. The zero-order valence-corrected chi connectivity index (χ0v) is 17.8. The van der Waals surface area contributed by atoms with Crippen LogP contribution in [0.25, 0.3) is 22.6 Å². The molecule has 0 saturated heterocycles. The molecule has 0 radical (unpaired) electrons. The highest BCUT2D eigenvalue weighted by Gasteiger charge is 2.19. The molecule has 0 aliphatic rings. The van der Waals surface area contributed by atoms with E-state index < -0.39 is 11.2 Å². The van der Waals surface area contributed by atoms with Gasteiger partial charge in [0.15, 0.2) is 11.2 Å². The Kier molecular flexibility index (Phi) is 6.87. The van der Waals surface area contributed by atoms with E-state index in [-0.39, 0.29) is 5.91 Å². The van der Waals surface area contributed by atoms with Crippen LogP contribution in [-0.4, -0.2) is 25.0 Å². The van der Waals surface area contributed by atoms with Gasteiger partial charge >= 0.3 is 5.69 Å². The van der Waals surface area contributed by atoms with Gasteiger partial charge in [-0.25, -0.2) is 9.78 Å². The van der Waals surface area contributed by atoms with Crippen molar-refractivity contribution in [2.24, 2.45) is 0 Å². The van der Waals surface area contributed by atoms with Gasteiger partial charge in [-0.1, -0.05) is 33.1 Å². The number of H-pyrrole nitrogens is 1. The van der Waals surface area contributed by atoms with Gasteiger partial charge in [0.2, 0.25) is 5.91 Å². The molecule has 3 aromatic rings. The number of anilines is 1. The first-order chi connectivity index (χ1) is 14.5. The quantitative estimate of drug-likeness (QED) is 0.526. The minimum absolute atomic E-state index is 0.138. The third-order valence-electron chi connectivity index (χ3n) is 5.07. The number of benzene rings is 1. The Hall–Kier alpha value is -3.16. The molecule has 0 atom stereocenters. The topological polar surface area (TPSA) is 102 Å². The van der Waals surface area contributed by atoms with Crippen LogP contribution in [0, 0.1) is 0 Å². The number of amides is 1. The largest absolute Gasteiger partial charge is 0.330 e. The van der Waals surface area contributed by atoms with Gasteiger partial charge < -0.3 is 9.88 Å². The van der Waals surface area contributed by atoms with Crippen molar-refractivity contribution in [3.8, 4) is 11.4 Å². The predicted octanol–water partition coefficient (Wildman–Crippen LogP) is 3.50. The van der Waals surface area contributed by atoms with Gasteiger partial charge in [-0.15, -0.1) is 0 Å². The number of hydrogen-bond acceptors (Lipinski definition) is 4.